The van der Waals surface area contributed by atoms with E-state index in [9.17, 15) is 0 Å². The molecule has 0 amide bonds. The number of rotatable bonds is 8. The van der Waals surface area contributed by atoms with Gasteiger partial charge in [0.05, 0.1) is 22.7 Å². The third kappa shape index (κ3) is 4.79. The van der Waals surface area contributed by atoms with Crippen LogP contribution < -0.4 is 18.7 Å². The van der Waals surface area contributed by atoms with Gasteiger partial charge in [0, 0.05) is 28.2 Å². The molecule has 0 saturated heterocycles. The Kier molecular flexibility index (Phi) is 7.56. The lowest BCUT2D eigenvalue weighted by Crippen LogP contribution is -2.49. The highest BCUT2D eigenvalue weighted by atomic mass is 31.2. The summed E-state index contributed by atoms with van der Waals surface area (Å²) in [6.07, 6.45) is 0. The fourth-order valence-electron chi connectivity index (χ4n) is 4.75. The molecule has 0 bridgehead atoms. The fourth-order valence-corrected chi connectivity index (χ4v) is 8.94. The fraction of sp³-hybridized carbons (Fsp3) is 0.226. The second-order valence-corrected chi connectivity index (χ2v) is 12.9. The van der Waals surface area contributed by atoms with Crippen LogP contribution >= 0.6 is 7.87 Å². The summed E-state index contributed by atoms with van der Waals surface area (Å²) in [6.45, 7) is 6.41. The van der Waals surface area contributed by atoms with Crippen LogP contribution in [0, 0.1) is 20.8 Å². The first-order valence-electron chi connectivity index (χ1n) is 12.4. The summed E-state index contributed by atoms with van der Waals surface area (Å²) in [5.74, 6) is 0. The quantitative estimate of drug-likeness (QED) is 0.228. The van der Waals surface area contributed by atoms with Crippen LogP contribution in [0.25, 0.3) is 0 Å². The summed E-state index contributed by atoms with van der Waals surface area (Å²) in [5.41, 5.74) is 8.46. The van der Waals surface area contributed by atoms with Gasteiger partial charge in [-0.3, -0.25) is 0 Å². The number of nitrogens with zero attached hydrogens (tertiary/aromatic N) is 4. The largest absolute Gasteiger partial charge is 0.404 e. The van der Waals surface area contributed by atoms with E-state index in [1.165, 1.54) is 39.4 Å². The van der Waals surface area contributed by atoms with Crippen LogP contribution in [-0.4, -0.2) is 28.2 Å². The van der Waals surface area contributed by atoms with E-state index in [1.54, 1.807) is 0 Å². The van der Waals surface area contributed by atoms with Crippen molar-refractivity contribution in [3.8, 4) is 0 Å². The number of benzene rings is 4. The highest BCUT2D eigenvalue weighted by molar-refractivity contribution is 7.81. The zero-order valence-electron chi connectivity index (χ0n) is 22.6. The molecule has 4 aromatic rings. The van der Waals surface area contributed by atoms with Gasteiger partial charge >= 0.3 is 7.87 Å². The molecule has 186 valence electrons. The molecular weight excluding hydrogens is 459 g/mol. The average Bonchev–Trinajstić information content (AvgIpc) is 2.90. The SMILES string of the molecule is Cc1ccc(N(C)[P+](N(C)c2ccccc2)(N(C)c2ccc(C)cc2)N(C)c2ccc(C)cc2)cc1. The van der Waals surface area contributed by atoms with Crippen LogP contribution in [0.3, 0.4) is 0 Å². The summed E-state index contributed by atoms with van der Waals surface area (Å²) in [7, 11) is 6.45. The topological polar surface area (TPSA) is 13.0 Å². The predicted octanol–water partition coefficient (Wildman–Crippen LogP) is 8.13. The maximum absolute atomic E-state index is 2.47. The summed E-state index contributed by atoms with van der Waals surface area (Å²) in [6, 6.07) is 37.3. The van der Waals surface area contributed by atoms with Gasteiger partial charge in [-0.25, -0.2) is 0 Å². The van der Waals surface area contributed by atoms with Gasteiger partial charge in [-0.15, -0.1) is 0 Å². The van der Waals surface area contributed by atoms with E-state index in [-0.39, 0.29) is 0 Å². The number of aryl methyl sites for hydroxylation is 3. The number of anilines is 4. The van der Waals surface area contributed by atoms with Gasteiger partial charge in [-0.2, -0.15) is 18.7 Å². The third-order valence-electron chi connectivity index (χ3n) is 6.96. The van der Waals surface area contributed by atoms with Gasteiger partial charge in [0.15, 0.2) is 0 Å². The maximum atomic E-state index is 2.47. The zero-order chi connectivity index (χ0) is 25.9. The molecule has 5 heteroatoms. The lowest BCUT2D eigenvalue weighted by Gasteiger charge is -2.49. The Morgan fingerprint density at radius 3 is 0.889 bits per heavy atom. The van der Waals surface area contributed by atoms with E-state index < -0.39 is 7.87 Å². The smallest absolute Gasteiger partial charge is 0.193 e. The van der Waals surface area contributed by atoms with Crippen molar-refractivity contribution in [1.29, 1.82) is 0 Å². The van der Waals surface area contributed by atoms with Gasteiger partial charge in [-0.1, -0.05) is 71.3 Å². The van der Waals surface area contributed by atoms with Crippen LogP contribution in [0.1, 0.15) is 16.7 Å². The van der Waals surface area contributed by atoms with Crippen LogP contribution in [-0.2, 0) is 0 Å². The Balaban J connectivity index is 2.00. The second kappa shape index (κ2) is 10.6. The van der Waals surface area contributed by atoms with Crippen molar-refractivity contribution >= 4 is 30.6 Å². The molecule has 0 aliphatic rings. The predicted molar refractivity (Wildman–Crippen MR) is 161 cm³/mol. The maximum Gasteiger partial charge on any atom is 0.404 e. The van der Waals surface area contributed by atoms with E-state index in [0.717, 1.165) is 0 Å². The van der Waals surface area contributed by atoms with Crippen molar-refractivity contribution in [2.24, 2.45) is 0 Å². The normalized spacial score (nSPS) is 11.2. The van der Waals surface area contributed by atoms with Crippen molar-refractivity contribution < 1.29 is 0 Å². The molecule has 0 saturated carbocycles. The van der Waals surface area contributed by atoms with Crippen molar-refractivity contribution in [2.45, 2.75) is 20.8 Å². The van der Waals surface area contributed by atoms with Crippen molar-refractivity contribution in [2.75, 3.05) is 46.9 Å². The molecule has 4 aromatic carbocycles. The number of para-hydroxylation sites is 1. The second-order valence-electron chi connectivity index (χ2n) is 9.47. The van der Waals surface area contributed by atoms with Crippen LogP contribution in [0.5, 0.6) is 0 Å². The summed E-state index contributed by atoms with van der Waals surface area (Å²) < 4.78 is 9.88. The first-order valence-corrected chi connectivity index (χ1v) is 14.0. The Hall–Kier alpha value is -3.49. The minimum atomic E-state index is -2.46. The lowest BCUT2D eigenvalue weighted by molar-refractivity contribution is 1.09. The molecule has 4 nitrogen and oxygen atoms in total. The van der Waals surface area contributed by atoms with Gasteiger partial charge in [-0.05, 0) is 69.3 Å². The molecular formula is C31H38N4P+. The highest BCUT2D eigenvalue weighted by Crippen LogP contribution is 2.71. The number of hydrogen-bond donors (Lipinski definition) is 0. The molecule has 0 fully saturated rings. The van der Waals surface area contributed by atoms with Crippen LogP contribution in [0.4, 0.5) is 22.7 Å². The van der Waals surface area contributed by atoms with E-state index in [4.69, 9.17) is 0 Å². The molecule has 0 aliphatic carbocycles. The Morgan fingerprint density at radius 2 is 0.611 bits per heavy atom. The lowest BCUT2D eigenvalue weighted by atomic mass is 10.2. The van der Waals surface area contributed by atoms with Crippen molar-refractivity contribution in [3.05, 3.63) is 120 Å². The first-order chi connectivity index (χ1) is 17.2. The molecule has 0 heterocycles. The van der Waals surface area contributed by atoms with Crippen LogP contribution in [0.2, 0.25) is 0 Å². The minimum Gasteiger partial charge on any atom is -0.193 e. The Labute approximate surface area is 218 Å². The van der Waals surface area contributed by atoms with Crippen LogP contribution in [0.15, 0.2) is 103 Å². The molecule has 0 aliphatic heterocycles. The number of hydrogen-bond acceptors (Lipinski definition) is 4. The Morgan fingerprint density at radius 1 is 0.361 bits per heavy atom. The summed E-state index contributed by atoms with van der Waals surface area (Å²) in [5, 5.41) is 0. The molecule has 0 unspecified atom stereocenters. The molecule has 0 N–H and O–H groups in total. The third-order valence-corrected chi connectivity index (χ3v) is 11.1. The van der Waals surface area contributed by atoms with E-state index in [2.05, 4.69) is 171 Å². The highest BCUT2D eigenvalue weighted by Gasteiger charge is 2.58. The van der Waals surface area contributed by atoms with Gasteiger partial charge in [0.25, 0.3) is 0 Å². The van der Waals surface area contributed by atoms with E-state index >= 15 is 0 Å². The van der Waals surface area contributed by atoms with E-state index in [1.807, 2.05) is 0 Å². The Bertz CT molecular complexity index is 1130. The minimum absolute atomic E-state index is 1.17. The molecule has 4 rings (SSSR count). The molecule has 0 spiro atoms. The van der Waals surface area contributed by atoms with Crippen molar-refractivity contribution in [3.63, 3.8) is 0 Å². The zero-order valence-corrected chi connectivity index (χ0v) is 23.4. The standard InChI is InChI=1S/C31H38N4P/c1-25-13-19-29(20-14-25)33(5)36(32(4)28-11-9-8-10-12-28,34(6)30-21-15-26(2)16-22-30)35(7)31-23-17-27(3)18-24-31/h8-24H,1-7H3/q+1. The van der Waals surface area contributed by atoms with Gasteiger partial charge in [0.1, 0.15) is 0 Å². The molecule has 0 aromatic heterocycles. The monoisotopic (exact) mass is 497 g/mol. The van der Waals surface area contributed by atoms with Crippen molar-refractivity contribution in [1.82, 2.24) is 0 Å². The van der Waals surface area contributed by atoms with E-state index in [0.29, 0.717) is 0 Å². The average molecular weight is 498 g/mol. The summed E-state index contributed by atoms with van der Waals surface area (Å²) in [4.78, 5) is 0. The molecule has 36 heavy (non-hydrogen) atoms. The van der Waals surface area contributed by atoms with Gasteiger partial charge in [0.2, 0.25) is 0 Å². The van der Waals surface area contributed by atoms with Gasteiger partial charge < -0.3 is 0 Å². The molecule has 0 radical (unpaired) electrons. The molecule has 0 atom stereocenters. The first kappa shape index (κ1) is 25.6. The summed E-state index contributed by atoms with van der Waals surface area (Å²) >= 11 is 0.